The molecule has 236 valence electrons. The van der Waals surface area contributed by atoms with Gasteiger partial charge in [-0.25, -0.2) is 4.98 Å². The SMILES string of the molecule is CN1CCCC(c2ccc(Nc3ncc4cc(-c5ccc(-c6nnn(C)n6)cc5Cl)c(=O)n(CC(=O)N5CCCC5)c4n3)cc2)C1. The molecule has 0 saturated carbocycles. The molecular formula is C33H35ClN10O2. The van der Waals surface area contributed by atoms with Gasteiger partial charge in [0.15, 0.2) is 0 Å². The number of likely N-dealkylation sites (N-methyl/N-ethyl adjacent to an activating group) is 1. The van der Waals surface area contributed by atoms with E-state index in [0.717, 1.165) is 31.6 Å². The van der Waals surface area contributed by atoms with Gasteiger partial charge in [0.2, 0.25) is 17.7 Å². The first kappa shape index (κ1) is 30.0. The third kappa shape index (κ3) is 6.10. The number of hydrogen-bond donors (Lipinski definition) is 1. The van der Waals surface area contributed by atoms with Gasteiger partial charge in [-0.3, -0.25) is 14.2 Å². The fraction of sp³-hybridized carbons (Fsp3) is 0.364. The van der Waals surface area contributed by atoms with Gasteiger partial charge in [-0.15, -0.1) is 10.2 Å². The summed E-state index contributed by atoms with van der Waals surface area (Å²) >= 11 is 6.74. The molecule has 2 fully saturated rings. The van der Waals surface area contributed by atoms with E-state index in [1.54, 1.807) is 42.4 Å². The van der Waals surface area contributed by atoms with Crippen molar-refractivity contribution in [2.75, 3.05) is 38.5 Å². The van der Waals surface area contributed by atoms with Gasteiger partial charge in [0.25, 0.3) is 5.56 Å². The van der Waals surface area contributed by atoms with Crippen LogP contribution in [0, 0.1) is 0 Å². The quantitative estimate of drug-likeness (QED) is 0.275. The third-order valence-corrected chi connectivity index (χ3v) is 9.18. The number of anilines is 2. The van der Waals surface area contributed by atoms with Crippen molar-refractivity contribution in [1.29, 1.82) is 0 Å². The van der Waals surface area contributed by atoms with Crippen LogP contribution in [0.1, 0.15) is 37.2 Å². The highest BCUT2D eigenvalue weighted by atomic mass is 35.5. The fourth-order valence-corrected chi connectivity index (χ4v) is 6.72. The lowest BCUT2D eigenvalue weighted by Gasteiger charge is -2.30. The maximum Gasteiger partial charge on any atom is 0.260 e. The average molecular weight is 639 g/mol. The molecule has 0 aliphatic carbocycles. The molecule has 0 bridgehead atoms. The van der Waals surface area contributed by atoms with Gasteiger partial charge in [0.1, 0.15) is 12.2 Å². The molecule has 13 heteroatoms. The number of hydrogen-bond acceptors (Lipinski definition) is 9. The molecule has 1 amide bonds. The molecule has 2 saturated heterocycles. The minimum Gasteiger partial charge on any atom is -0.341 e. The second-order valence-corrected chi connectivity index (χ2v) is 12.6. The molecule has 3 aromatic heterocycles. The Morgan fingerprint density at radius 3 is 2.52 bits per heavy atom. The van der Waals surface area contributed by atoms with Crippen molar-refractivity contribution in [2.45, 2.75) is 38.1 Å². The average Bonchev–Trinajstić information content (AvgIpc) is 3.76. The minimum absolute atomic E-state index is 0.120. The Kier molecular flexibility index (Phi) is 8.22. The lowest BCUT2D eigenvalue weighted by molar-refractivity contribution is -0.130. The van der Waals surface area contributed by atoms with Crippen molar-refractivity contribution in [1.82, 2.24) is 44.5 Å². The number of fused-ring (bicyclic) bond motifs is 1. The lowest BCUT2D eigenvalue weighted by Crippen LogP contribution is -2.35. The second-order valence-electron chi connectivity index (χ2n) is 12.2. The summed E-state index contributed by atoms with van der Waals surface area (Å²) in [5.74, 6) is 1.17. The topological polar surface area (TPSA) is 127 Å². The fourth-order valence-electron chi connectivity index (χ4n) is 6.44. The number of nitrogens with zero attached hydrogens (tertiary/aromatic N) is 9. The molecule has 7 rings (SSSR count). The van der Waals surface area contributed by atoms with Gasteiger partial charge in [-0.2, -0.15) is 9.78 Å². The van der Waals surface area contributed by atoms with Crippen molar-refractivity contribution in [3.63, 3.8) is 0 Å². The number of halogens is 1. The number of carbonyl (C=O) groups excluding carboxylic acids is 1. The molecule has 1 atom stereocenters. The summed E-state index contributed by atoms with van der Waals surface area (Å²) in [6.45, 7) is 3.44. The van der Waals surface area contributed by atoms with Crippen LogP contribution in [0.2, 0.25) is 5.02 Å². The molecule has 5 heterocycles. The number of aryl methyl sites for hydroxylation is 1. The molecule has 12 nitrogen and oxygen atoms in total. The number of tetrazole rings is 1. The monoisotopic (exact) mass is 638 g/mol. The van der Waals surface area contributed by atoms with Gasteiger partial charge < -0.3 is 15.1 Å². The van der Waals surface area contributed by atoms with Crippen molar-refractivity contribution in [3.05, 3.63) is 75.7 Å². The van der Waals surface area contributed by atoms with E-state index in [1.165, 1.54) is 27.8 Å². The van der Waals surface area contributed by atoms with Crippen LogP contribution in [0.3, 0.4) is 0 Å². The van der Waals surface area contributed by atoms with Crippen LogP contribution >= 0.6 is 11.6 Å². The highest BCUT2D eigenvalue weighted by molar-refractivity contribution is 6.33. The maximum absolute atomic E-state index is 14.1. The summed E-state index contributed by atoms with van der Waals surface area (Å²) < 4.78 is 1.44. The number of nitrogens with one attached hydrogen (secondary N) is 1. The molecule has 0 spiro atoms. The molecule has 2 aliphatic heterocycles. The first-order valence-corrected chi connectivity index (χ1v) is 16.0. The summed E-state index contributed by atoms with van der Waals surface area (Å²) in [5.41, 5.74) is 3.71. The third-order valence-electron chi connectivity index (χ3n) is 8.87. The van der Waals surface area contributed by atoms with Crippen LogP contribution in [-0.2, 0) is 18.4 Å². The van der Waals surface area contributed by atoms with Crippen molar-refractivity contribution < 1.29 is 4.79 Å². The summed E-state index contributed by atoms with van der Waals surface area (Å²) in [5, 5.41) is 16.4. The van der Waals surface area contributed by atoms with Crippen LogP contribution in [0.5, 0.6) is 0 Å². The Hall–Kier alpha value is -4.68. The van der Waals surface area contributed by atoms with Gasteiger partial charge in [0.05, 0.1) is 7.05 Å². The largest absolute Gasteiger partial charge is 0.341 e. The van der Waals surface area contributed by atoms with Crippen molar-refractivity contribution in [3.8, 4) is 22.5 Å². The zero-order valence-corrected chi connectivity index (χ0v) is 26.6. The van der Waals surface area contributed by atoms with Crippen molar-refractivity contribution in [2.24, 2.45) is 7.05 Å². The number of piperidine rings is 1. The lowest BCUT2D eigenvalue weighted by atomic mass is 9.91. The molecular weight excluding hydrogens is 604 g/mol. The predicted octanol–water partition coefficient (Wildman–Crippen LogP) is 4.48. The predicted molar refractivity (Wildman–Crippen MR) is 177 cm³/mol. The van der Waals surface area contributed by atoms with E-state index in [1.807, 2.05) is 12.1 Å². The zero-order valence-electron chi connectivity index (χ0n) is 25.9. The molecule has 1 N–H and O–H groups in total. The minimum atomic E-state index is -0.362. The van der Waals surface area contributed by atoms with Gasteiger partial charge in [0, 0.05) is 58.6 Å². The summed E-state index contributed by atoms with van der Waals surface area (Å²) in [6, 6.07) is 15.4. The van der Waals surface area contributed by atoms with E-state index in [0.29, 0.717) is 63.5 Å². The van der Waals surface area contributed by atoms with Crippen molar-refractivity contribution >= 4 is 40.2 Å². The molecule has 2 aromatic carbocycles. The molecule has 5 aromatic rings. The Morgan fingerprint density at radius 1 is 1.00 bits per heavy atom. The Labute approximate surface area is 271 Å². The first-order valence-electron chi connectivity index (χ1n) is 15.6. The van der Waals surface area contributed by atoms with Crippen LogP contribution in [0.15, 0.2) is 59.5 Å². The van der Waals surface area contributed by atoms with Crippen LogP contribution in [-0.4, -0.2) is 83.7 Å². The second kappa shape index (κ2) is 12.6. The van der Waals surface area contributed by atoms with Gasteiger partial charge >= 0.3 is 0 Å². The van der Waals surface area contributed by atoms with Crippen LogP contribution < -0.4 is 10.9 Å². The van der Waals surface area contributed by atoms with E-state index in [9.17, 15) is 9.59 Å². The highest BCUT2D eigenvalue weighted by Crippen LogP contribution is 2.32. The normalized spacial score (nSPS) is 17.1. The first-order chi connectivity index (χ1) is 22.3. The highest BCUT2D eigenvalue weighted by Gasteiger charge is 2.23. The number of likely N-dealkylation sites (tertiary alicyclic amines) is 2. The van der Waals surface area contributed by atoms with Gasteiger partial charge in [-0.1, -0.05) is 35.9 Å². The molecule has 0 radical (unpaired) electrons. The summed E-state index contributed by atoms with van der Waals surface area (Å²) in [6.07, 6.45) is 5.97. The number of benzene rings is 2. The Morgan fingerprint density at radius 2 is 1.80 bits per heavy atom. The molecule has 1 unspecified atom stereocenters. The Bertz CT molecular complexity index is 1970. The Balaban J connectivity index is 1.23. The standard InChI is InChI=1S/C33H35ClN10O2/c1-41-13-5-6-23(19-41)21-7-10-25(11-8-21)36-33-35-18-24-16-27(26-12-9-22(17-28(26)34)30-38-40-42(2)39-30)32(46)44(31(24)37-33)20-29(45)43-14-3-4-15-43/h7-12,16-18,23H,3-6,13-15,19-20H2,1-2H3,(H,35,36,37). The van der Waals surface area contributed by atoms with Crippen LogP contribution in [0.25, 0.3) is 33.5 Å². The number of pyridine rings is 1. The van der Waals surface area contributed by atoms with Gasteiger partial charge in [-0.05, 0) is 80.2 Å². The number of carbonyl (C=O) groups is 1. The maximum atomic E-state index is 14.1. The number of amides is 1. The molecule has 2 aliphatic rings. The van der Waals surface area contributed by atoms with E-state index in [2.05, 4.69) is 49.8 Å². The summed E-state index contributed by atoms with van der Waals surface area (Å²) in [4.78, 5) is 42.3. The van der Waals surface area contributed by atoms with E-state index in [-0.39, 0.29) is 18.0 Å². The van der Waals surface area contributed by atoms with E-state index >= 15 is 0 Å². The van der Waals surface area contributed by atoms with Crippen LogP contribution in [0.4, 0.5) is 11.6 Å². The summed E-state index contributed by atoms with van der Waals surface area (Å²) in [7, 11) is 3.85. The van der Waals surface area contributed by atoms with E-state index in [4.69, 9.17) is 16.6 Å². The van der Waals surface area contributed by atoms with E-state index < -0.39 is 0 Å². The zero-order chi connectivity index (χ0) is 31.8. The smallest absolute Gasteiger partial charge is 0.260 e. The number of rotatable bonds is 7. The number of aromatic nitrogens is 7. The molecule has 46 heavy (non-hydrogen) atoms.